The molecule has 0 spiro atoms. The van der Waals surface area contributed by atoms with Crippen molar-refractivity contribution >= 4 is 80.4 Å². The van der Waals surface area contributed by atoms with Gasteiger partial charge in [-0.25, -0.2) is 38.7 Å². The summed E-state index contributed by atoms with van der Waals surface area (Å²) in [6.07, 6.45) is 8.61. The predicted molar refractivity (Wildman–Crippen MR) is 319 cm³/mol. The van der Waals surface area contributed by atoms with Crippen LogP contribution in [0.3, 0.4) is 0 Å². The topological polar surface area (TPSA) is 261 Å². The SMILES string of the molecule is C=CC(=O)N[C@H]1CCOC[C@H]1Nc1ncc2cc(-c3c(F)c(OC)cc(OCC4CC(OC)CN4CCCCNc4nc(-c5c(Cl)c(OC)cc(OC)c5Cl)cc5cnc(N[C@@H]6COCC[C@@H]6NC(=O)C=C)nc45)c3F)nc(NCCOC)c2n1. The Labute approximate surface area is 500 Å². The Morgan fingerprint density at radius 2 is 1.22 bits per heavy atom. The largest absolute Gasteiger partial charge is 0.495 e. The molecule has 85 heavy (non-hydrogen) atoms. The van der Waals surface area contributed by atoms with E-state index in [1.165, 1.54) is 51.8 Å². The molecular formula is C58H69Cl2F2N13O10. The van der Waals surface area contributed by atoms with Gasteiger partial charge in [-0.05, 0) is 62.9 Å². The lowest BCUT2D eigenvalue weighted by Gasteiger charge is -2.32. The Morgan fingerprint density at radius 1 is 0.694 bits per heavy atom. The van der Waals surface area contributed by atoms with Gasteiger partial charge < -0.3 is 69.8 Å². The van der Waals surface area contributed by atoms with Crippen LogP contribution in [-0.4, -0.2) is 184 Å². The maximum absolute atomic E-state index is 17.0. The number of fused-ring (bicyclic) bond motifs is 2. The van der Waals surface area contributed by atoms with Crippen LogP contribution in [0, 0.1) is 11.6 Å². The van der Waals surface area contributed by atoms with Gasteiger partial charge in [0, 0.05) is 94.0 Å². The minimum atomic E-state index is -0.979. The van der Waals surface area contributed by atoms with Crippen LogP contribution in [0.5, 0.6) is 23.0 Å². The van der Waals surface area contributed by atoms with Gasteiger partial charge in [-0.2, -0.15) is 0 Å². The number of aromatic nitrogens is 6. The van der Waals surface area contributed by atoms with Crippen LogP contribution in [0.15, 0.2) is 62.0 Å². The number of hydrogen-bond acceptors (Lipinski definition) is 21. The number of ether oxygens (including phenoxy) is 8. The molecule has 27 heteroatoms. The maximum Gasteiger partial charge on any atom is 0.243 e. The number of rotatable bonds is 27. The molecule has 2 unspecified atom stereocenters. The van der Waals surface area contributed by atoms with E-state index < -0.39 is 17.2 Å². The minimum Gasteiger partial charge on any atom is -0.495 e. The Kier molecular flexibility index (Phi) is 21.2. The van der Waals surface area contributed by atoms with Crippen LogP contribution >= 0.6 is 23.2 Å². The first-order chi connectivity index (χ1) is 41.3. The van der Waals surface area contributed by atoms with E-state index in [1.807, 2.05) is 0 Å². The third kappa shape index (κ3) is 14.6. The molecule has 3 fully saturated rings. The summed E-state index contributed by atoms with van der Waals surface area (Å²) in [5, 5.41) is 20.7. The fraction of sp³-hybridized carbons (Fsp3) is 0.448. The maximum atomic E-state index is 17.0. The quantitative estimate of drug-likeness (QED) is 0.0216. The van der Waals surface area contributed by atoms with E-state index in [9.17, 15) is 9.59 Å². The third-order valence-corrected chi connectivity index (χ3v) is 15.7. The molecule has 23 nitrogen and oxygen atoms in total. The van der Waals surface area contributed by atoms with Crippen molar-refractivity contribution in [3.8, 4) is 45.5 Å². The fourth-order valence-corrected chi connectivity index (χ4v) is 11.2. The highest BCUT2D eigenvalue weighted by molar-refractivity contribution is 6.41. The Morgan fingerprint density at radius 3 is 1.75 bits per heavy atom. The number of nitrogens with zero attached hydrogens (tertiary/aromatic N) is 7. The van der Waals surface area contributed by atoms with Gasteiger partial charge in [-0.1, -0.05) is 36.4 Å². The number of nitrogens with one attached hydrogen (secondary N) is 6. The molecular weight excluding hydrogens is 1150 g/mol. The second kappa shape index (κ2) is 29.0. The summed E-state index contributed by atoms with van der Waals surface area (Å²) in [5.74, 6) is -1.21. The summed E-state index contributed by atoms with van der Waals surface area (Å²) in [5.41, 5.74) is 1.13. The van der Waals surface area contributed by atoms with Crippen LogP contribution in [0.25, 0.3) is 44.3 Å². The van der Waals surface area contributed by atoms with Crippen molar-refractivity contribution in [1.82, 2.24) is 45.4 Å². The number of carbonyl (C=O) groups is 2. The lowest BCUT2D eigenvalue weighted by molar-refractivity contribution is -0.118. The van der Waals surface area contributed by atoms with Gasteiger partial charge in [-0.15, -0.1) is 0 Å². The molecule has 7 heterocycles. The van der Waals surface area contributed by atoms with Crippen molar-refractivity contribution in [3.63, 3.8) is 0 Å². The summed E-state index contributed by atoms with van der Waals surface area (Å²) >= 11 is 13.8. The van der Waals surface area contributed by atoms with E-state index in [1.54, 1.807) is 32.5 Å². The summed E-state index contributed by atoms with van der Waals surface area (Å²) in [4.78, 5) is 55.3. The van der Waals surface area contributed by atoms with Gasteiger partial charge in [-0.3, -0.25) is 14.5 Å². The molecule has 3 aliphatic rings. The smallest absolute Gasteiger partial charge is 0.243 e. The molecule has 6 aromatic rings. The van der Waals surface area contributed by atoms with Gasteiger partial charge in [0.2, 0.25) is 23.7 Å². The Bertz CT molecular complexity index is 3360. The zero-order valence-corrected chi connectivity index (χ0v) is 49.3. The second-order valence-corrected chi connectivity index (χ2v) is 21.1. The third-order valence-electron chi connectivity index (χ3n) is 15.0. The average Bonchev–Trinajstić information content (AvgIpc) is 3.65. The fourth-order valence-electron chi connectivity index (χ4n) is 10.5. The number of hydrogen-bond donors (Lipinski definition) is 6. The van der Waals surface area contributed by atoms with Crippen LogP contribution in [0.1, 0.15) is 32.1 Å². The monoisotopic (exact) mass is 1220 g/mol. The molecule has 6 atom stereocenters. The van der Waals surface area contributed by atoms with Gasteiger partial charge in [0.25, 0.3) is 0 Å². The number of methoxy groups -OCH3 is 5. The zero-order valence-electron chi connectivity index (χ0n) is 47.8. The normalized spacial score (nSPS) is 19.7. The highest BCUT2D eigenvalue weighted by Gasteiger charge is 2.34. The Hall–Kier alpha value is -7.52. The van der Waals surface area contributed by atoms with Crippen molar-refractivity contribution in [1.29, 1.82) is 0 Å². The van der Waals surface area contributed by atoms with E-state index in [4.69, 9.17) is 81.0 Å². The van der Waals surface area contributed by atoms with E-state index in [2.05, 4.69) is 59.9 Å². The second-order valence-electron chi connectivity index (χ2n) is 20.3. The van der Waals surface area contributed by atoms with Crippen molar-refractivity contribution in [2.24, 2.45) is 0 Å². The summed E-state index contributed by atoms with van der Waals surface area (Å²) < 4.78 is 78.9. The summed E-state index contributed by atoms with van der Waals surface area (Å²) in [7, 11) is 7.48. The number of benzene rings is 2. The van der Waals surface area contributed by atoms with Crippen molar-refractivity contribution in [2.45, 2.75) is 68.4 Å². The number of pyridine rings is 2. The first kappa shape index (κ1) is 62.0. The van der Waals surface area contributed by atoms with E-state index in [0.717, 1.165) is 0 Å². The Balaban J connectivity index is 0.918. The molecule has 0 saturated carbocycles. The number of likely N-dealkylation sites (tertiary alicyclic amines) is 1. The van der Waals surface area contributed by atoms with Crippen molar-refractivity contribution in [3.05, 3.63) is 83.6 Å². The number of anilines is 4. The van der Waals surface area contributed by atoms with Crippen LogP contribution in [0.4, 0.5) is 32.3 Å². The first-order valence-corrected chi connectivity index (χ1v) is 28.5. The van der Waals surface area contributed by atoms with Crippen molar-refractivity contribution < 1.29 is 56.3 Å². The van der Waals surface area contributed by atoms with Gasteiger partial charge in [0.15, 0.2) is 34.8 Å². The predicted octanol–water partition coefficient (Wildman–Crippen LogP) is 7.47. The molecule has 454 valence electrons. The number of amides is 2. The average molecular weight is 1220 g/mol. The molecule has 0 bridgehead atoms. The number of halogens is 4. The molecule has 2 aromatic carbocycles. The van der Waals surface area contributed by atoms with Crippen molar-refractivity contribution in [2.75, 3.05) is 123 Å². The standard InChI is InChI=1S/C58H69Cl2F2N13O10/c1-8-45(76)67-35-12-17-83-29-39(35)71-57-65-25-31-20-37(47-49(59)41(80-5)23-42(81-6)50(47)60)69-55(53(31)73-57)63-14-10-11-16-75-27-34(79-4)22-33(75)28-85-44-24-43(82-7)51(61)48(52(44)62)38-21-32-26-66-58(74-54(32)56(70-38)64-15-19-78-3)72-40-30-84-18-13-36(40)68-46(77)9-2/h8-9,20-21,23-26,33-36,39-40H,1-2,10-19,22,27-30H2,3-7H3,(H,63,69)(H,64,70)(H,67,76)(H,68,77)(H,65,71,73)(H,66,72,74)/t33?,34?,35-,36-,39+,40+/m0/s1. The molecule has 0 radical (unpaired) electrons. The van der Waals surface area contributed by atoms with Crippen LogP contribution in [-0.2, 0) is 28.5 Å². The minimum absolute atomic E-state index is 0.0410. The summed E-state index contributed by atoms with van der Waals surface area (Å²) in [6.45, 7) is 11.0. The summed E-state index contributed by atoms with van der Waals surface area (Å²) in [6, 6.07) is 4.62. The molecule has 3 aliphatic heterocycles. The molecule has 6 N–H and O–H groups in total. The molecule has 2 amide bonds. The van der Waals surface area contributed by atoms with Crippen LogP contribution < -0.4 is 50.8 Å². The van der Waals surface area contributed by atoms with E-state index in [-0.39, 0.29) is 107 Å². The van der Waals surface area contributed by atoms with Gasteiger partial charge in [0.1, 0.15) is 29.1 Å². The van der Waals surface area contributed by atoms with Gasteiger partial charge in [0.05, 0.1) is 98.4 Å². The lowest BCUT2D eigenvalue weighted by Crippen LogP contribution is -2.52. The first-order valence-electron chi connectivity index (χ1n) is 27.7. The molecule has 4 aromatic heterocycles. The highest BCUT2D eigenvalue weighted by Crippen LogP contribution is 2.46. The highest BCUT2D eigenvalue weighted by atomic mass is 35.5. The van der Waals surface area contributed by atoms with Crippen LogP contribution in [0.2, 0.25) is 10.0 Å². The molecule has 9 rings (SSSR count). The lowest BCUT2D eigenvalue weighted by atomic mass is 10.0. The molecule has 0 aliphatic carbocycles. The van der Waals surface area contributed by atoms with E-state index >= 15 is 8.78 Å². The van der Waals surface area contributed by atoms with Gasteiger partial charge >= 0.3 is 0 Å². The number of carbonyl (C=O) groups excluding carboxylic acids is 2. The van der Waals surface area contributed by atoms with E-state index in [0.29, 0.717) is 134 Å². The zero-order chi connectivity index (χ0) is 60.1. The molecule has 3 saturated heterocycles. The number of unbranched alkanes of at least 4 members (excludes halogenated alkanes) is 1.